The minimum absolute atomic E-state index is 0.0968. The molecule has 4 aromatic rings. The topological polar surface area (TPSA) is 61.9 Å². The number of carbonyl (C=O) groups is 1. The number of H-pyrrole nitrogens is 1. The Morgan fingerprint density at radius 2 is 1.84 bits per heavy atom. The highest BCUT2D eigenvalue weighted by molar-refractivity contribution is 6.35. The summed E-state index contributed by atoms with van der Waals surface area (Å²) in [6.45, 7) is 0.0968. The number of pyridine rings is 1. The second kappa shape index (κ2) is 9.46. The van der Waals surface area contributed by atoms with E-state index in [2.05, 4.69) is 15.2 Å². The Balaban J connectivity index is 1.87. The Hall–Kier alpha value is -3.29. The molecule has 0 bridgehead atoms. The summed E-state index contributed by atoms with van der Waals surface area (Å²) in [4.78, 5) is 19.2. The second-order valence-corrected chi connectivity index (χ2v) is 7.90. The maximum absolute atomic E-state index is 13.9. The molecule has 0 unspecified atom stereocenters. The molecule has 0 radical (unpaired) electrons. The minimum atomic E-state index is -0.848. The van der Waals surface area contributed by atoms with Crippen molar-refractivity contribution < 1.29 is 13.6 Å². The lowest BCUT2D eigenvalue weighted by Gasteiger charge is -2.32. The molecular weight excluding hydrogens is 457 g/mol. The van der Waals surface area contributed by atoms with Crippen LogP contribution < -0.4 is 0 Å². The van der Waals surface area contributed by atoms with E-state index in [1.54, 1.807) is 55.1 Å². The maximum atomic E-state index is 13.9. The molecule has 1 amide bonds. The highest BCUT2D eigenvalue weighted by atomic mass is 35.5. The zero-order valence-corrected chi connectivity index (χ0v) is 18.0. The Labute approximate surface area is 192 Å². The van der Waals surface area contributed by atoms with Gasteiger partial charge in [-0.2, -0.15) is 5.10 Å². The van der Waals surface area contributed by atoms with Crippen molar-refractivity contribution in [2.24, 2.45) is 0 Å². The predicted octanol–water partition coefficient (Wildman–Crippen LogP) is 5.82. The lowest BCUT2D eigenvalue weighted by molar-refractivity contribution is 0.0689. The van der Waals surface area contributed by atoms with Gasteiger partial charge in [0.15, 0.2) is 0 Å². The van der Waals surface area contributed by atoms with Gasteiger partial charge in [0.05, 0.1) is 12.2 Å². The maximum Gasteiger partial charge on any atom is 0.255 e. The molecule has 0 aliphatic rings. The summed E-state index contributed by atoms with van der Waals surface area (Å²) in [7, 11) is 0. The van der Waals surface area contributed by atoms with Gasteiger partial charge in [-0.3, -0.25) is 14.9 Å². The average molecular weight is 473 g/mol. The van der Waals surface area contributed by atoms with Gasteiger partial charge in [-0.1, -0.05) is 35.3 Å². The molecular formula is C23H16Cl2F2N4O. The highest BCUT2D eigenvalue weighted by Gasteiger charge is 2.31. The van der Waals surface area contributed by atoms with Gasteiger partial charge in [0.1, 0.15) is 11.6 Å². The van der Waals surface area contributed by atoms with Crippen LogP contribution in [0.15, 0.2) is 73.3 Å². The fraction of sp³-hybridized carbons (Fsp3) is 0.0870. The fourth-order valence-electron chi connectivity index (χ4n) is 3.47. The van der Waals surface area contributed by atoms with E-state index in [1.165, 1.54) is 4.90 Å². The standard InChI is InChI=1S/C23H16Cl2F2N4O/c24-17-3-4-20(21(25)8-17)22(16-11-29-30-12-16)31(13-14-2-1-5-28-10-14)23(32)15-6-18(26)9-19(27)7-15/h1-12,22H,13H2,(H,29,30)/t22-/m0/s1. The van der Waals surface area contributed by atoms with Crippen molar-refractivity contribution in [3.63, 3.8) is 0 Å². The molecule has 2 aromatic carbocycles. The number of amides is 1. The van der Waals surface area contributed by atoms with Crippen molar-refractivity contribution in [2.75, 3.05) is 0 Å². The molecule has 0 fully saturated rings. The molecule has 32 heavy (non-hydrogen) atoms. The monoisotopic (exact) mass is 472 g/mol. The van der Waals surface area contributed by atoms with Crippen LogP contribution >= 0.6 is 23.2 Å². The first-order valence-corrected chi connectivity index (χ1v) is 10.3. The molecule has 2 heterocycles. The predicted molar refractivity (Wildman–Crippen MR) is 117 cm³/mol. The fourth-order valence-corrected chi connectivity index (χ4v) is 3.98. The van der Waals surface area contributed by atoms with E-state index in [0.717, 1.165) is 17.7 Å². The number of rotatable bonds is 6. The van der Waals surface area contributed by atoms with Crippen molar-refractivity contribution in [3.05, 3.63) is 117 Å². The van der Waals surface area contributed by atoms with Gasteiger partial charge < -0.3 is 4.90 Å². The van der Waals surface area contributed by atoms with Crippen LogP contribution in [0.25, 0.3) is 0 Å². The first-order chi connectivity index (χ1) is 15.4. The lowest BCUT2D eigenvalue weighted by atomic mass is 9.97. The van der Waals surface area contributed by atoms with Crippen molar-refractivity contribution in [1.82, 2.24) is 20.1 Å². The van der Waals surface area contributed by atoms with Crippen LogP contribution in [0.3, 0.4) is 0 Å². The highest BCUT2D eigenvalue weighted by Crippen LogP contribution is 2.36. The van der Waals surface area contributed by atoms with Crippen LogP contribution in [0.1, 0.15) is 33.1 Å². The van der Waals surface area contributed by atoms with Crippen LogP contribution in [0.5, 0.6) is 0 Å². The third kappa shape index (κ3) is 4.79. The Morgan fingerprint density at radius 3 is 2.47 bits per heavy atom. The molecule has 0 saturated carbocycles. The first kappa shape index (κ1) is 21.9. The zero-order chi connectivity index (χ0) is 22.7. The van der Waals surface area contributed by atoms with Gasteiger partial charge in [0.2, 0.25) is 0 Å². The zero-order valence-electron chi connectivity index (χ0n) is 16.5. The summed E-state index contributed by atoms with van der Waals surface area (Å²) in [6.07, 6.45) is 6.42. The molecule has 162 valence electrons. The van der Waals surface area contributed by atoms with Crippen LogP contribution in [-0.4, -0.2) is 26.0 Å². The van der Waals surface area contributed by atoms with Gasteiger partial charge in [-0.25, -0.2) is 8.78 Å². The molecule has 0 spiro atoms. The average Bonchev–Trinajstić information content (AvgIpc) is 3.28. The summed E-state index contributed by atoms with van der Waals surface area (Å²) < 4.78 is 27.8. The normalized spacial score (nSPS) is 11.9. The van der Waals surface area contributed by atoms with Gasteiger partial charge in [-0.15, -0.1) is 0 Å². The minimum Gasteiger partial charge on any atom is -0.323 e. The number of hydrogen-bond acceptors (Lipinski definition) is 3. The number of carbonyl (C=O) groups excluding carboxylic acids is 1. The van der Waals surface area contributed by atoms with Crippen molar-refractivity contribution >= 4 is 29.1 Å². The molecule has 0 saturated heterocycles. The van der Waals surface area contributed by atoms with Crippen LogP contribution in [-0.2, 0) is 6.54 Å². The Bertz CT molecular complexity index is 1220. The summed E-state index contributed by atoms with van der Waals surface area (Å²) in [5, 5.41) is 7.50. The number of benzene rings is 2. The summed E-state index contributed by atoms with van der Waals surface area (Å²) in [5.41, 5.74) is 1.79. The number of nitrogens with zero attached hydrogens (tertiary/aromatic N) is 3. The number of nitrogens with one attached hydrogen (secondary N) is 1. The molecule has 5 nitrogen and oxygen atoms in total. The van der Waals surface area contributed by atoms with E-state index in [1.807, 2.05) is 0 Å². The van der Waals surface area contributed by atoms with Gasteiger partial charge in [0.25, 0.3) is 5.91 Å². The third-order valence-electron chi connectivity index (χ3n) is 4.85. The number of aromatic nitrogens is 3. The SMILES string of the molecule is O=C(c1cc(F)cc(F)c1)N(Cc1cccnc1)[C@@H](c1cn[nH]c1)c1ccc(Cl)cc1Cl. The van der Waals surface area contributed by atoms with E-state index in [-0.39, 0.29) is 12.1 Å². The third-order valence-corrected chi connectivity index (χ3v) is 5.41. The molecule has 1 N–H and O–H groups in total. The van der Waals surface area contributed by atoms with Crippen molar-refractivity contribution in [1.29, 1.82) is 0 Å². The van der Waals surface area contributed by atoms with E-state index < -0.39 is 23.6 Å². The lowest BCUT2D eigenvalue weighted by Crippen LogP contribution is -2.35. The molecule has 1 atom stereocenters. The molecule has 9 heteroatoms. The van der Waals surface area contributed by atoms with Crippen LogP contribution in [0.4, 0.5) is 8.78 Å². The van der Waals surface area contributed by atoms with Gasteiger partial charge in [0, 0.05) is 52.4 Å². The second-order valence-electron chi connectivity index (χ2n) is 7.05. The summed E-state index contributed by atoms with van der Waals surface area (Å²) in [6, 6.07) is 10.5. The largest absolute Gasteiger partial charge is 0.323 e. The van der Waals surface area contributed by atoms with Crippen molar-refractivity contribution in [3.8, 4) is 0 Å². The Morgan fingerprint density at radius 1 is 1.06 bits per heavy atom. The molecule has 2 aromatic heterocycles. The summed E-state index contributed by atoms with van der Waals surface area (Å²) >= 11 is 12.6. The molecule has 4 rings (SSSR count). The number of hydrogen-bond donors (Lipinski definition) is 1. The van der Waals surface area contributed by atoms with E-state index >= 15 is 0 Å². The first-order valence-electron chi connectivity index (χ1n) is 9.52. The number of aromatic amines is 1. The smallest absolute Gasteiger partial charge is 0.255 e. The van der Waals surface area contributed by atoms with Crippen LogP contribution in [0, 0.1) is 11.6 Å². The van der Waals surface area contributed by atoms with Crippen LogP contribution in [0.2, 0.25) is 10.0 Å². The van der Waals surface area contributed by atoms with E-state index in [0.29, 0.717) is 27.2 Å². The summed E-state index contributed by atoms with van der Waals surface area (Å²) in [5.74, 6) is -2.29. The number of halogens is 4. The van der Waals surface area contributed by atoms with E-state index in [4.69, 9.17) is 23.2 Å². The van der Waals surface area contributed by atoms with E-state index in [9.17, 15) is 13.6 Å². The Kier molecular flexibility index (Phi) is 6.48. The van der Waals surface area contributed by atoms with Gasteiger partial charge >= 0.3 is 0 Å². The van der Waals surface area contributed by atoms with Gasteiger partial charge in [-0.05, 0) is 41.5 Å². The molecule has 0 aliphatic carbocycles. The quantitative estimate of drug-likeness (QED) is 0.384. The van der Waals surface area contributed by atoms with Crippen molar-refractivity contribution in [2.45, 2.75) is 12.6 Å². The molecule has 0 aliphatic heterocycles.